The van der Waals surface area contributed by atoms with Crippen molar-refractivity contribution >= 4 is 39.4 Å². The van der Waals surface area contributed by atoms with Gasteiger partial charge in [0.05, 0.1) is 35.6 Å². The van der Waals surface area contributed by atoms with E-state index in [0.717, 1.165) is 56.5 Å². The molecule has 13 heteroatoms. The minimum Gasteiger partial charge on any atom is -0.616 e. The maximum Gasteiger partial charge on any atom is 0.223 e. The van der Waals surface area contributed by atoms with Crippen LogP contribution in [0.15, 0.2) is 53.3 Å². The minimum absolute atomic E-state index is 0.00498. The summed E-state index contributed by atoms with van der Waals surface area (Å²) in [5, 5.41) is 10.0. The lowest BCUT2D eigenvalue weighted by Crippen LogP contribution is -2.47. The van der Waals surface area contributed by atoms with E-state index in [4.69, 9.17) is 14.9 Å². The predicted molar refractivity (Wildman–Crippen MR) is 155 cm³/mol. The van der Waals surface area contributed by atoms with Crippen molar-refractivity contribution in [2.75, 3.05) is 54.9 Å². The standard InChI is InChI=1S/C28H31FN8O3S/c29-22-16-20(40-19-5-14-41(38)15-6-19)3-4-24(22)35-10-7-34(8-11-35)9-12-36-27-21(18-31-36)25-17-23(26-2-1-13-39-26)33-37(25)28(30)32-27/h1-4,13,16-19H,5-12,14-15H2,(H2,30,32)/t19-,41+. The van der Waals surface area contributed by atoms with E-state index in [1.165, 1.54) is 6.07 Å². The molecule has 2 aliphatic heterocycles. The van der Waals surface area contributed by atoms with E-state index in [-0.39, 0.29) is 17.9 Å². The number of fused-ring (bicyclic) bond motifs is 3. The van der Waals surface area contributed by atoms with Crippen molar-refractivity contribution in [1.82, 2.24) is 29.3 Å². The first kappa shape index (κ1) is 26.1. The lowest BCUT2D eigenvalue weighted by atomic mass is 10.2. The van der Waals surface area contributed by atoms with E-state index in [9.17, 15) is 4.55 Å². The smallest absolute Gasteiger partial charge is 0.223 e. The van der Waals surface area contributed by atoms with Gasteiger partial charge in [-0.05, 0) is 30.3 Å². The van der Waals surface area contributed by atoms with Gasteiger partial charge in [0.1, 0.15) is 34.9 Å². The molecular formula is C28H31FN8O3S. The number of furan rings is 1. The summed E-state index contributed by atoms with van der Waals surface area (Å²) in [6.45, 7) is 4.51. The van der Waals surface area contributed by atoms with Crippen LogP contribution < -0.4 is 15.4 Å². The first-order valence-corrected chi connectivity index (χ1v) is 15.3. The van der Waals surface area contributed by atoms with Gasteiger partial charge >= 0.3 is 0 Å². The van der Waals surface area contributed by atoms with E-state index < -0.39 is 11.2 Å². The summed E-state index contributed by atoms with van der Waals surface area (Å²) in [7, 11) is 0. The largest absolute Gasteiger partial charge is 0.616 e. The molecule has 0 radical (unpaired) electrons. The molecule has 214 valence electrons. The van der Waals surface area contributed by atoms with Gasteiger partial charge in [-0.3, -0.25) is 4.90 Å². The molecule has 1 aromatic carbocycles. The SMILES string of the molecule is Nc1nc2c(cnn2CCN2CCN(c3ccc(O[C@H]4CC[S@@+]([O-])CC4)cc3F)CC2)c2cc(-c3ccco3)nn12. The summed E-state index contributed by atoms with van der Waals surface area (Å²) in [4.78, 5) is 9.02. The lowest BCUT2D eigenvalue weighted by molar-refractivity contribution is 0.189. The summed E-state index contributed by atoms with van der Waals surface area (Å²) in [5.74, 6) is 2.51. The second-order valence-corrected chi connectivity index (χ2v) is 12.2. The van der Waals surface area contributed by atoms with Gasteiger partial charge in [0, 0.05) is 51.6 Å². The Kier molecular flexibility index (Phi) is 6.93. The second-order valence-electron chi connectivity index (χ2n) is 10.5. The Morgan fingerprint density at radius 2 is 1.93 bits per heavy atom. The van der Waals surface area contributed by atoms with Crippen LogP contribution in [0.1, 0.15) is 12.8 Å². The molecule has 4 aromatic heterocycles. The molecule has 0 aliphatic carbocycles. The molecular weight excluding hydrogens is 547 g/mol. The molecule has 0 saturated carbocycles. The van der Waals surface area contributed by atoms with Gasteiger partial charge in [0.15, 0.2) is 11.4 Å². The number of benzene rings is 1. The highest BCUT2D eigenvalue weighted by molar-refractivity contribution is 7.91. The first-order valence-electron chi connectivity index (χ1n) is 13.8. The van der Waals surface area contributed by atoms with Crippen LogP contribution in [-0.2, 0) is 17.7 Å². The van der Waals surface area contributed by atoms with Crippen LogP contribution in [0.25, 0.3) is 28.0 Å². The van der Waals surface area contributed by atoms with Gasteiger partial charge in [0.25, 0.3) is 0 Å². The van der Waals surface area contributed by atoms with Crippen molar-refractivity contribution < 1.29 is 18.1 Å². The Morgan fingerprint density at radius 3 is 2.68 bits per heavy atom. The van der Waals surface area contributed by atoms with Gasteiger partial charge in [-0.1, -0.05) is 11.2 Å². The Labute approximate surface area is 238 Å². The van der Waals surface area contributed by atoms with Crippen LogP contribution in [0.3, 0.4) is 0 Å². The third-order valence-corrected chi connectivity index (χ3v) is 9.29. The maximum atomic E-state index is 15.0. The number of nitrogens with two attached hydrogens (primary N) is 1. The number of halogens is 1. The molecule has 41 heavy (non-hydrogen) atoms. The maximum absolute atomic E-state index is 15.0. The molecule has 2 fully saturated rings. The Balaban J connectivity index is 0.972. The third kappa shape index (κ3) is 5.20. The molecule has 6 heterocycles. The predicted octanol–water partition coefficient (Wildman–Crippen LogP) is 3.17. The number of rotatable bonds is 7. The van der Waals surface area contributed by atoms with Crippen LogP contribution >= 0.6 is 0 Å². The normalized spacial score (nSPS) is 20.3. The van der Waals surface area contributed by atoms with Gasteiger partial charge in [0.2, 0.25) is 5.95 Å². The quantitative estimate of drug-likeness (QED) is 0.290. The number of hydrogen-bond donors (Lipinski definition) is 1. The van der Waals surface area contributed by atoms with Crippen LogP contribution in [0.4, 0.5) is 16.0 Å². The van der Waals surface area contributed by atoms with Crippen molar-refractivity contribution in [3.63, 3.8) is 0 Å². The number of nitrogens with zero attached hydrogens (tertiary/aromatic N) is 7. The lowest BCUT2D eigenvalue weighted by Gasteiger charge is -2.36. The molecule has 0 amide bonds. The highest BCUT2D eigenvalue weighted by Gasteiger charge is 2.25. The molecule has 2 saturated heterocycles. The summed E-state index contributed by atoms with van der Waals surface area (Å²) < 4.78 is 41.5. The summed E-state index contributed by atoms with van der Waals surface area (Å²) >= 11 is -0.744. The van der Waals surface area contributed by atoms with Crippen molar-refractivity contribution in [3.05, 3.63) is 54.7 Å². The fourth-order valence-corrected chi connectivity index (χ4v) is 6.89. The molecule has 0 spiro atoms. The molecule has 5 aromatic rings. The Hall–Kier alpha value is -3.81. The minimum atomic E-state index is -0.744. The molecule has 0 bridgehead atoms. The molecule has 11 nitrogen and oxygen atoms in total. The number of piperazine rings is 1. The van der Waals surface area contributed by atoms with Gasteiger partial charge < -0.3 is 24.3 Å². The Bertz CT molecular complexity index is 1660. The second kappa shape index (κ2) is 10.9. The van der Waals surface area contributed by atoms with Crippen molar-refractivity contribution in [1.29, 1.82) is 0 Å². The van der Waals surface area contributed by atoms with E-state index in [0.29, 0.717) is 46.6 Å². The average Bonchev–Trinajstić information content (AvgIpc) is 3.74. The van der Waals surface area contributed by atoms with E-state index in [1.807, 2.05) is 35.0 Å². The fourth-order valence-electron chi connectivity index (χ4n) is 5.64. The van der Waals surface area contributed by atoms with Crippen LogP contribution in [0.5, 0.6) is 5.75 Å². The molecule has 0 atom stereocenters. The number of hydrogen-bond acceptors (Lipinski definition) is 9. The highest BCUT2D eigenvalue weighted by atomic mass is 32.2. The number of ether oxygens (including phenoxy) is 1. The average molecular weight is 579 g/mol. The van der Waals surface area contributed by atoms with Crippen molar-refractivity contribution in [2.24, 2.45) is 0 Å². The van der Waals surface area contributed by atoms with Crippen molar-refractivity contribution in [3.8, 4) is 17.2 Å². The summed E-state index contributed by atoms with van der Waals surface area (Å²) in [6.07, 6.45) is 4.91. The monoisotopic (exact) mass is 578 g/mol. The van der Waals surface area contributed by atoms with Gasteiger partial charge in [-0.2, -0.15) is 19.7 Å². The summed E-state index contributed by atoms with van der Waals surface area (Å²) in [5.41, 5.74) is 9.07. The number of aromatic nitrogens is 5. The molecule has 2 aliphatic rings. The highest BCUT2D eigenvalue weighted by Crippen LogP contribution is 2.29. The van der Waals surface area contributed by atoms with Crippen LogP contribution in [0, 0.1) is 5.82 Å². The zero-order valence-corrected chi connectivity index (χ0v) is 23.3. The molecule has 0 unspecified atom stereocenters. The van der Waals surface area contributed by atoms with Crippen LogP contribution in [0.2, 0.25) is 0 Å². The number of nitrogen functional groups attached to an aromatic ring is 1. The molecule has 2 N–H and O–H groups in total. The van der Waals surface area contributed by atoms with E-state index in [1.54, 1.807) is 17.0 Å². The van der Waals surface area contributed by atoms with E-state index >= 15 is 4.39 Å². The third-order valence-electron chi connectivity index (χ3n) is 7.91. The van der Waals surface area contributed by atoms with Gasteiger partial charge in [-0.15, -0.1) is 0 Å². The fraction of sp³-hybridized carbons (Fsp3) is 0.393. The van der Waals surface area contributed by atoms with Crippen LogP contribution in [-0.4, -0.2) is 84.2 Å². The zero-order chi connectivity index (χ0) is 27.9. The van der Waals surface area contributed by atoms with Crippen molar-refractivity contribution in [2.45, 2.75) is 25.5 Å². The Morgan fingerprint density at radius 1 is 1.10 bits per heavy atom. The first-order chi connectivity index (χ1) is 20.0. The zero-order valence-electron chi connectivity index (χ0n) is 22.5. The van der Waals surface area contributed by atoms with Gasteiger partial charge in [-0.25, -0.2) is 9.07 Å². The topological polar surface area (TPSA) is 126 Å². The number of anilines is 2. The molecule has 7 rings (SSSR count). The summed E-state index contributed by atoms with van der Waals surface area (Å²) in [6, 6.07) is 10.7. The van der Waals surface area contributed by atoms with E-state index in [2.05, 4.69) is 25.0 Å².